The maximum Gasteiger partial charge on any atom is 0.325 e. The molecule has 0 aromatic carbocycles. The predicted molar refractivity (Wildman–Crippen MR) is 67.0 cm³/mol. The van der Waals surface area contributed by atoms with Gasteiger partial charge in [0.05, 0.1) is 13.2 Å². The van der Waals surface area contributed by atoms with Gasteiger partial charge < -0.3 is 14.4 Å². The lowest BCUT2D eigenvalue weighted by molar-refractivity contribution is -0.148. The smallest absolute Gasteiger partial charge is 0.325 e. The number of nitrogens with zero attached hydrogens (tertiary/aromatic N) is 1. The van der Waals surface area contributed by atoms with Gasteiger partial charge in [-0.1, -0.05) is 0 Å². The maximum absolute atomic E-state index is 12.0. The summed E-state index contributed by atoms with van der Waals surface area (Å²) in [6.45, 7) is 5.16. The number of hydrogen-bond donors (Lipinski definition) is 0. The Balaban J connectivity index is 2.29. The molecule has 1 aliphatic rings. The van der Waals surface area contributed by atoms with E-state index >= 15 is 0 Å². The third-order valence-electron chi connectivity index (χ3n) is 3.34. The second kappa shape index (κ2) is 7.36. The van der Waals surface area contributed by atoms with Gasteiger partial charge in [-0.2, -0.15) is 0 Å². The topological polar surface area (TPSA) is 55.8 Å². The van der Waals surface area contributed by atoms with Gasteiger partial charge in [0.15, 0.2) is 0 Å². The van der Waals surface area contributed by atoms with Gasteiger partial charge >= 0.3 is 5.97 Å². The molecule has 5 heteroatoms. The van der Waals surface area contributed by atoms with Gasteiger partial charge in [-0.3, -0.25) is 9.59 Å². The fraction of sp³-hybridized carbons (Fsp3) is 0.846. The molecule has 0 heterocycles. The number of rotatable bonds is 7. The summed E-state index contributed by atoms with van der Waals surface area (Å²) in [6, 6.07) is 0. The molecule has 104 valence electrons. The maximum atomic E-state index is 12.0. The first kappa shape index (κ1) is 15.0. The lowest BCUT2D eigenvalue weighted by Gasteiger charge is -2.35. The van der Waals surface area contributed by atoms with Crippen LogP contribution >= 0.6 is 0 Å². The van der Waals surface area contributed by atoms with Crippen LogP contribution in [0.3, 0.4) is 0 Å². The first-order chi connectivity index (χ1) is 8.60. The zero-order chi connectivity index (χ0) is 13.5. The van der Waals surface area contributed by atoms with Crippen LogP contribution in [0.5, 0.6) is 0 Å². The number of likely N-dealkylation sites (N-methyl/N-ethyl adjacent to an activating group) is 1. The third kappa shape index (κ3) is 4.29. The summed E-state index contributed by atoms with van der Waals surface area (Å²) < 4.78 is 10.0. The Hall–Kier alpha value is -1.10. The number of hydrogen-bond acceptors (Lipinski definition) is 4. The Morgan fingerprint density at radius 3 is 2.44 bits per heavy atom. The van der Waals surface area contributed by atoms with Crippen LogP contribution in [0.4, 0.5) is 0 Å². The van der Waals surface area contributed by atoms with Crippen molar-refractivity contribution in [3.05, 3.63) is 0 Å². The largest absolute Gasteiger partial charge is 0.468 e. The molecule has 18 heavy (non-hydrogen) atoms. The standard InChI is InChI=1S/C13H23NO4/c1-4-14(9-13(16)17-3)12(15)8-10-6-11(7-10)18-5-2/h10-11H,4-9H2,1-3H3. The van der Waals surface area contributed by atoms with Crippen molar-refractivity contribution < 1.29 is 19.1 Å². The minimum atomic E-state index is -0.369. The van der Waals surface area contributed by atoms with Crippen LogP contribution in [0, 0.1) is 5.92 Å². The van der Waals surface area contributed by atoms with Crippen LogP contribution in [-0.2, 0) is 19.1 Å². The van der Waals surface area contributed by atoms with E-state index < -0.39 is 0 Å². The first-order valence-electron chi connectivity index (χ1n) is 6.56. The summed E-state index contributed by atoms with van der Waals surface area (Å²) in [5, 5.41) is 0. The molecule has 0 aliphatic heterocycles. The Morgan fingerprint density at radius 1 is 1.28 bits per heavy atom. The Morgan fingerprint density at radius 2 is 1.94 bits per heavy atom. The number of esters is 1. The second-order valence-corrected chi connectivity index (χ2v) is 4.60. The first-order valence-corrected chi connectivity index (χ1v) is 6.56. The van der Waals surface area contributed by atoms with Crippen LogP contribution < -0.4 is 0 Å². The Bertz CT molecular complexity index is 287. The third-order valence-corrected chi connectivity index (χ3v) is 3.34. The molecular weight excluding hydrogens is 234 g/mol. The van der Waals surface area contributed by atoms with E-state index in [2.05, 4.69) is 4.74 Å². The van der Waals surface area contributed by atoms with Crippen LogP contribution in [0.1, 0.15) is 33.1 Å². The number of amides is 1. The van der Waals surface area contributed by atoms with E-state index in [0.29, 0.717) is 25.0 Å². The van der Waals surface area contributed by atoms with E-state index in [0.717, 1.165) is 19.4 Å². The number of carbonyl (C=O) groups excluding carboxylic acids is 2. The van der Waals surface area contributed by atoms with Gasteiger partial charge in [0.1, 0.15) is 6.54 Å². The minimum Gasteiger partial charge on any atom is -0.468 e. The zero-order valence-corrected chi connectivity index (χ0v) is 11.5. The van der Waals surface area contributed by atoms with Gasteiger partial charge in [-0.15, -0.1) is 0 Å². The SMILES string of the molecule is CCOC1CC(CC(=O)N(CC)CC(=O)OC)C1. The second-order valence-electron chi connectivity index (χ2n) is 4.60. The van der Waals surface area contributed by atoms with Crippen molar-refractivity contribution in [2.24, 2.45) is 5.92 Å². The average Bonchev–Trinajstić information content (AvgIpc) is 2.32. The summed E-state index contributed by atoms with van der Waals surface area (Å²) in [7, 11) is 1.33. The average molecular weight is 257 g/mol. The van der Waals surface area contributed by atoms with E-state index in [-0.39, 0.29) is 18.4 Å². The molecule has 0 radical (unpaired) electrons. The number of ether oxygens (including phenoxy) is 2. The molecule has 0 aromatic rings. The molecule has 5 nitrogen and oxygen atoms in total. The van der Waals surface area contributed by atoms with E-state index in [1.54, 1.807) is 4.90 Å². The summed E-state index contributed by atoms with van der Waals surface area (Å²) >= 11 is 0. The molecule has 0 atom stereocenters. The van der Waals surface area contributed by atoms with E-state index in [4.69, 9.17) is 4.74 Å². The molecule has 0 saturated heterocycles. The highest BCUT2D eigenvalue weighted by molar-refractivity contribution is 5.82. The zero-order valence-electron chi connectivity index (χ0n) is 11.5. The van der Waals surface area contributed by atoms with Crippen molar-refractivity contribution in [1.82, 2.24) is 4.90 Å². The highest BCUT2D eigenvalue weighted by Gasteiger charge is 2.32. The molecule has 1 amide bonds. The highest BCUT2D eigenvalue weighted by Crippen LogP contribution is 2.33. The van der Waals surface area contributed by atoms with Crippen LogP contribution in [0.2, 0.25) is 0 Å². The number of carbonyl (C=O) groups is 2. The highest BCUT2D eigenvalue weighted by atomic mass is 16.5. The molecule has 0 N–H and O–H groups in total. The number of methoxy groups -OCH3 is 1. The Kier molecular flexibility index (Phi) is 6.12. The molecule has 1 rings (SSSR count). The van der Waals surface area contributed by atoms with Crippen LogP contribution in [0.15, 0.2) is 0 Å². The van der Waals surface area contributed by atoms with E-state index in [9.17, 15) is 9.59 Å². The van der Waals surface area contributed by atoms with Gasteiger partial charge in [0, 0.05) is 19.6 Å². The molecule has 0 aromatic heterocycles. The Labute approximate surface area is 108 Å². The normalized spacial score (nSPS) is 22.2. The molecule has 0 spiro atoms. The lowest BCUT2D eigenvalue weighted by atomic mass is 9.79. The van der Waals surface area contributed by atoms with Crippen molar-refractivity contribution in [1.29, 1.82) is 0 Å². The van der Waals surface area contributed by atoms with Crippen LogP contribution in [-0.4, -0.2) is 49.7 Å². The van der Waals surface area contributed by atoms with Crippen molar-refractivity contribution in [3.63, 3.8) is 0 Å². The summed E-state index contributed by atoms with van der Waals surface area (Å²) in [5.41, 5.74) is 0. The molecule has 0 bridgehead atoms. The summed E-state index contributed by atoms with van der Waals surface area (Å²) in [6.07, 6.45) is 2.74. The monoisotopic (exact) mass is 257 g/mol. The van der Waals surface area contributed by atoms with Crippen molar-refractivity contribution in [2.75, 3.05) is 26.8 Å². The summed E-state index contributed by atoms with van der Waals surface area (Å²) in [4.78, 5) is 24.7. The van der Waals surface area contributed by atoms with Gasteiger partial charge in [0.25, 0.3) is 0 Å². The minimum absolute atomic E-state index is 0.0304. The van der Waals surface area contributed by atoms with Gasteiger partial charge in [-0.05, 0) is 32.6 Å². The van der Waals surface area contributed by atoms with Gasteiger partial charge in [-0.25, -0.2) is 0 Å². The van der Waals surface area contributed by atoms with Gasteiger partial charge in [0.2, 0.25) is 5.91 Å². The summed E-state index contributed by atoms with van der Waals surface area (Å²) in [5.74, 6) is 0.0644. The fourth-order valence-corrected chi connectivity index (χ4v) is 2.19. The molecule has 1 aliphatic carbocycles. The lowest BCUT2D eigenvalue weighted by Crippen LogP contribution is -2.40. The van der Waals surface area contributed by atoms with Crippen molar-refractivity contribution in [2.45, 2.75) is 39.2 Å². The van der Waals surface area contributed by atoms with Crippen LogP contribution in [0.25, 0.3) is 0 Å². The molecule has 0 unspecified atom stereocenters. The molecule has 1 fully saturated rings. The van der Waals surface area contributed by atoms with E-state index in [1.807, 2.05) is 13.8 Å². The molecule has 1 saturated carbocycles. The van der Waals surface area contributed by atoms with E-state index in [1.165, 1.54) is 7.11 Å². The predicted octanol–water partition coefficient (Wildman–Crippen LogP) is 1.21. The van der Waals surface area contributed by atoms with Crippen molar-refractivity contribution in [3.8, 4) is 0 Å². The quantitative estimate of drug-likeness (QED) is 0.643. The fourth-order valence-electron chi connectivity index (χ4n) is 2.19. The van der Waals surface area contributed by atoms with Crippen molar-refractivity contribution >= 4 is 11.9 Å². The molecular formula is C13H23NO4.